The highest BCUT2D eigenvalue weighted by molar-refractivity contribution is 6.09. The van der Waals surface area contributed by atoms with Gasteiger partial charge in [-0.3, -0.25) is 4.79 Å². The van der Waals surface area contributed by atoms with Crippen LogP contribution in [0.5, 0.6) is 5.75 Å². The lowest BCUT2D eigenvalue weighted by molar-refractivity contribution is -0.149. The molecule has 0 radical (unpaired) electrons. The lowest BCUT2D eigenvalue weighted by atomic mass is 9.91. The van der Waals surface area contributed by atoms with Gasteiger partial charge < -0.3 is 34.6 Å². The molecule has 3 aromatic rings. The van der Waals surface area contributed by atoms with Crippen molar-refractivity contribution >= 4 is 23.0 Å². The van der Waals surface area contributed by atoms with E-state index < -0.39 is 17.5 Å². The summed E-state index contributed by atoms with van der Waals surface area (Å²) in [4.78, 5) is 38.5. The molecular weight excluding hydrogens is 562 g/mol. The lowest BCUT2D eigenvalue weighted by Gasteiger charge is -2.30. The van der Waals surface area contributed by atoms with Crippen LogP contribution in [0, 0.1) is 12.8 Å². The quantitative estimate of drug-likeness (QED) is 0.306. The second-order valence-corrected chi connectivity index (χ2v) is 13.3. The van der Waals surface area contributed by atoms with Gasteiger partial charge in [-0.25, -0.2) is 14.8 Å². The van der Waals surface area contributed by atoms with Gasteiger partial charge in [-0.1, -0.05) is 0 Å². The summed E-state index contributed by atoms with van der Waals surface area (Å²) in [6.45, 7) is 11.0. The Balaban J connectivity index is 1.22. The van der Waals surface area contributed by atoms with Crippen molar-refractivity contribution in [2.75, 3.05) is 19.8 Å². The number of aryl methyl sites for hydroxylation is 1. The molecule has 2 amide bonds. The maximum atomic E-state index is 13.7. The predicted molar refractivity (Wildman–Crippen MR) is 164 cm³/mol. The fourth-order valence-corrected chi connectivity index (χ4v) is 6.01. The van der Waals surface area contributed by atoms with E-state index >= 15 is 0 Å². The number of fused-ring (bicyclic) bond motifs is 1. The third-order valence-electron chi connectivity index (χ3n) is 8.55. The molecule has 11 heteroatoms. The standard InChI is InChI=1S/C33H43N5O6/c1-19-26(30(39)37-22-9-11-23(12-10-22)38-31(40)44-32(2,3)4)28-29(36-19)27(34-18-35-28)24-16-21(33(5)42-14-15-43-33)8-13-25(24)41-17-20-6-7-20/h8,13,16,18,20,22-23,36H,6-7,9-12,14-15,17H2,1-5H3,(H,37,39)(H,38,40). The number of H-pyrrole nitrogens is 1. The van der Waals surface area contributed by atoms with Crippen LogP contribution in [0.4, 0.5) is 4.79 Å². The largest absolute Gasteiger partial charge is 0.493 e. The Morgan fingerprint density at radius 2 is 1.70 bits per heavy atom. The third kappa shape index (κ3) is 6.68. The number of nitrogens with zero attached hydrogens (tertiary/aromatic N) is 2. The SMILES string of the molecule is Cc1[nH]c2c(-c3cc(C4(C)OCCO4)ccc3OCC3CC3)ncnc2c1C(=O)NC1CCC(NC(=O)OC(C)(C)C)CC1. The minimum absolute atomic E-state index is 0.00360. The number of aromatic amines is 1. The average Bonchev–Trinajstić information content (AvgIpc) is 3.59. The molecule has 6 rings (SSSR count). The highest BCUT2D eigenvalue weighted by Crippen LogP contribution is 2.40. The summed E-state index contributed by atoms with van der Waals surface area (Å²) in [5.41, 5.74) is 4.22. The second kappa shape index (κ2) is 12.0. The van der Waals surface area contributed by atoms with Crippen LogP contribution < -0.4 is 15.4 Å². The number of aromatic nitrogens is 3. The minimum Gasteiger partial charge on any atom is -0.493 e. The van der Waals surface area contributed by atoms with Crippen LogP contribution in [0.2, 0.25) is 0 Å². The third-order valence-corrected chi connectivity index (χ3v) is 8.55. The highest BCUT2D eigenvalue weighted by Gasteiger charge is 2.35. The minimum atomic E-state index is -0.853. The molecule has 2 aliphatic carbocycles. The van der Waals surface area contributed by atoms with Crippen LogP contribution in [0.15, 0.2) is 24.5 Å². The molecule has 3 aliphatic rings. The summed E-state index contributed by atoms with van der Waals surface area (Å²) in [5, 5.41) is 6.16. The number of ether oxygens (including phenoxy) is 4. The molecule has 0 bridgehead atoms. The van der Waals surface area contributed by atoms with Gasteiger partial charge in [-0.15, -0.1) is 0 Å². The molecule has 3 N–H and O–H groups in total. The first kappa shape index (κ1) is 30.3. The zero-order valence-electron chi connectivity index (χ0n) is 26.2. The molecule has 11 nitrogen and oxygen atoms in total. The Bertz CT molecular complexity index is 1530. The van der Waals surface area contributed by atoms with E-state index in [-0.39, 0.29) is 18.0 Å². The number of carbonyl (C=O) groups is 2. The second-order valence-electron chi connectivity index (χ2n) is 13.3. The van der Waals surface area contributed by atoms with Crippen molar-refractivity contribution in [2.45, 2.75) is 96.6 Å². The number of nitrogens with one attached hydrogen (secondary N) is 3. The molecular formula is C33H43N5O6. The van der Waals surface area contributed by atoms with Crippen LogP contribution >= 0.6 is 0 Å². The summed E-state index contributed by atoms with van der Waals surface area (Å²) < 4.78 is 23.6. The predicted octanol–water partition coefficient (Wildman–Crippen LogP) is 5.51. The van der Waals surface area contributed by atoms with Gasteiger partial charge in [-0.05, 0) is 97.3 Å². The number of hydrogen-bond donors (Lipinski definition) is 3. The maximum absolute atomic E-state index is 13.7. The van der Waals surface area contributed by atoms with Crippen molar-refractivity contribution in [2.24, 2.45) is 5.92 Å². The fourth-order valence-electron chi connectivity index (χ4n) is 6.01. The van der Waals surface area contributed by atoms with E-state index in [0.717, 1.165) is 42.6 Å². The Kier molecular flexibility index (Phi) is 8.27. The molecule has 3 fully saturated rings. The van der Waals surface area contributed by atoms with Gasteiger partial charge in [0, 0.05) is 28.9 Å². The lowest BCUT2D eigenvalue weighted by Crippen LogP contribution is -2.45. The number of rotatable bonds is 8. The van der Waals surface area contributed by atoms with E-state index in [1.54, 1.807) is 0 Å². The fraction of sp³-hybridized carbons (Fsp3) is 0.576. The van der Waals surface area contributed by atoms with E-state index in [4.69, 9.17) is 18.9 Å². The monoisotopic (exact) mass is 605 g/mol. The van der Waals surface area contributed by atoms with Gasteiger partial charge >= 0.3 is 6.09 Å². The van der Waals surface area contributed by atoms with Crippen molar-refractivity contribution in [3.05, 3.63) is 41.3 Å². The average molecular weight is 606 g/mol. The van der Waals surface area contributed by atoms with Crippen LogP contribution in [0.3, 0.4) is 0 Å². The first-order chi connectivity index (χ1) is 21.0. The van der Waals surface area contributed by atoms with Crippen LogP contribution in [-0.2, 0) is 20.0 Å². The Morgan fingerprint density at radius 3 is 2.36 bits per heavy atom. The Hall–Kier alpha value is -3.70. The number of carbonyl (C=O) groups excluding carboxylic acids is 2. The van der Waals surface area contributed by atoms with E-state index in [0.29, 0.717) is 53.7 Å². The van der Waals surface area contributed by atoms with Crippen LogP contribution in [0.1, 0.15) is 87.8 Å². The Morgan fingerprint density at radius 1 is 1.02 bits per heavy atom. The molecule has 1 aliphatic heterocycles. The first-order valence-electron chi connectivity index (χ1n) is 15.7. The summed E-state index contributed by atoms with van der Waals surface area (Å²) in [5.74, 6) is 0.269. The molecule has 0 atom stereocenters. The van der Waals surface area contributed by atoms with Gasteiger partial charge in [0.2, 0.25) is 0 Å². The number of alkyl carbamates (subject to hydrolysis) is 1. The molecule has 2 saturated carbocycles. The van der Waals surface area contributed by atoms with Crippen molar-refractivity contribution < 1.29 is 28.5 Å². The van der Waals surface area contributed by atoms with Gasteiger partial charge in [0.05, 0.1) is 30.9 Å². The van der Waals surface area contributed by atoms with Gasteiger partial charge in [0.25, 0.3) is 5.91 Å². The molecule has 0 spiro atoms. The van der Waals surface area contributed by atoms with Crippen molar-refractivity contribution in [3.8, 4) is 17.0 Å². The summed E-state index contributed by atoms with van der Waals surface area (Å²) in [6, 6.07) is 5.96. The van der Waals surface area contributed by atoms with Crippen molar-refractivity contribution in [3.63, 3.8) is 0 Å². The first-order valence-corrected chi connectivity index (χ1v) is 15.7. The number of hydrogen-bond acceptors (Lipinski definition) is 8. The zero-order valence-corrected chi connectivity index (χ0v) is 26.2. The number of benzene rings is 1. The van der Waals surface area contributed by atoms with Gasteiger partial charge in [0.1, 0.15) is 28.9 Å². The molecule has 1 aromatic carbocycles. The van der Waals surface area contributed by atoms with E-state index in [1.807, 2.05) is 52.8 Å². The van der Waals surface area contributed by atoms with E-state index in [1.165, 1.54) is 19.2 Å². The molecule has 0 unspecified atom stereocenters. The zero-order chi connectivity index (χ0) is 31.1. The molecule has 1 saturated heterocycles. The number of amides is 2. The van der Waals surface area contributed by atoms with Crippen molar-refractivity contribution in [1.29, 1.82) is 0 Å². The van der Waals surface area contributed by atoms with Gasteiger partial charge in [-0.2, -0.15) is 0 Å². The molecule has 44 heavy (non-hydrogen) atoms. The topological polar surface area (TPSA) is 137 Å². The molecule has 236 valence electrons. The highest BCUT2D eigenvalue weighted by atomic mass is 16.7. The summed E-state index contributed by atoms with van der Waals surface area (Å²) in [7, 11) is 0. The van der Waals surface area contributed by atoms with Crippen molar-refractivity contribution in [1.82, 2.24) is 25.6 Å². The van der Waals surface area contributed by atoms with Crippen LogP contribution in [0.25, 0.3) is 22.3 Å². The summed E-state index contributed by atoms with van der Waals surface area (Å²) >= 11 is 0. The molecule has 3 heterocycles. The Labute approximate surface area is 257 Å². The molecule has 2 aromatic heterocycles. The van der Waals surface area contributed by atoms with Crippen LogP contribution in [-0.4, -0.2) is 64.5 Å². The smallest absolute Gasteiger partial charge is 0.407 e. The normalized spacial score (nSPS) is 21.7. The van der Waals surface area contributed by atoms with E-state index in [2.05, 4.69) is 25.6 Å². The van der Waals surface area contributed by atoms with Gasteiger partial charge in [0.15, 0.2) is 5.79 Å². The summed E-state index contributed by atoms with van der Waals surface area (Å²) in [6.07, 6.45) is 6.49. The maximum Gasteiger partial charge on any atom is 0.407 e. The van der Waals surface area contributed by atoms with E-state index in [9.17, 15) is 9.59 Å².